The molecule has 1 aliphatic rings. The van der Waals surface area contributed by atoms with E-state index in [1.165, 1.54) is 5.56 Å². The molecule has 4 heteroatoms. The van der Waals surface area contributed by atoms with Crippen molar-refractivity contribution in [2.45, 2.75) is 26.3 Å². The van der Waals surface area contributed by atoms with Crippen molar-refractivity contribution >= 4 is 12.1 Å². The van der Waals surface area contributed by atoms with Crippen molar-refractivity contribution in [1.29, 1.82) is 0 Å². The number of fused-ring (bicyclic) bond motifs is 1. The molecular formula is C23H23N3O. The van der Waals surface area contributed by atoms with Gasteiger partial charge in [0.25, 0.3) is 0 Å². The molecule has 0 saturated heterocycles. The lowest BCUT2D eigenvalue weighted by molar-refractivity contribution is -0.119. The number of benzene rings is 2. The zero-order chi connectivity index (χ0) is 17.9. The predicted octanol–water partition coefficient (Wildman–Crippen LogP) is 4.13. The Balaban J connectivity index is 0.00000210. The molecule has 1 amide bonds. The summed E-state index contributed by atoms with van der Waals surface area (Å²) in [6.45, 7) is 0.755. The molecule has 0 aliphatic carbocycles. The molecule has 2 aromatic carbocycles. The second kappa shape index (κ2) is 7.96. The van der Waals surface area contributed by atoms with Crippen LogP contribution in [0.5, 0.6) is 0 Å². The maximum Gasteiger partial charge on any atom is 0.225 e. The summed E-state index contributed by atoms with van der Waals surface area (Å²) in [7, 11) is 0. The molecule has 0 fully saturated rings. The van der Waals surface area contributed by atoms with E-state index in [0.29, 0.717) is 6.42 Å². The molecule has 3 aromatic rings. The van der Waals surface area contributed by atoms with Crippen LogP contribution in [-0.2, 0) is 17.8 Å². The fourth-order valence-corrected chi connectivity index (χ4v) is 3.34. The monoisotopic (exact) mass is 357 g/mol. The van der Waals surface area contributed by atoms with Crippen LogP contribution in [-0.4, -0.2) is 17.1 Å². The Bertz CT molecular complexity index is 980. The Hall–Kier alpha value is -3.27. The van der Waals surface area contributed by atoms with Gasteiger partial charge >= 0.3 is 0 Å². The molecule has 0 unspecified atom stereocenters. The minimum absolute atomic E-state index is 0. The van der Waals surface area contributed by atoms with Gasteiger partial charge in [0.2, 0.25) is 5.91 Å². The van der Waals surface area contributed by atoms with Crippen molar-refractivity contribution in [3.63, 3.8) is 0 Å². The fraction of sp³-hybridized carbons (Fsp3) is 0.174. The summed E-state index contributed by atoms with van der Waals surface area (Å²) in [5.41, 5.74) is 12.1. The summed E-state index contributed by atoms with van der Waals surface area (Å²) < 4.78 is 0. The van der Waals surface area contributed by atoms with Crippen LogP contribution in [0.15, 0.2) is 72.0 Å². The molecule has 0 saturated carbocycles. The van der Waals surface area contributed by atoms with Crippen molar-refractivity contribution in [3.05, 3.63) is 89.2 Å². The number of hydrogen-bond acceptors (Lipinski definition) is 3. The number of carbonyl (C=O) groups excluding carboxylic acids is 1. The van der Waals surface area contributed by atoms with E-state index in [1.54, 1.807) is 6.20 Å². The second-order valence-corrected chi connectivity index (χ2v) is 6.54. The van der Waals surface area contributed by atoms with Gasteiger partial charge in [0.15, 0.2) is 0 Å². The van der Waals surface area contributed by atoms with E-state index in [2.05, 4.69) is 34.2 Å². The molecule has 4 nitrogen and oxygen atoms in total. The maximum absolute atomic E-state index is 12.0. The molecule has 136 valence electrons. The minimum Gasteiger partial charge on any atom is -0.369 e. The van der Waals surface area contributed by atoms with Gasteiger partial charge in [-0.3, -0.25) is 14.8 Å². The Morgan fingerprint density at radius 1 is 1.04 bits per heavy atom. The summed E-state index contributed by atoms with van der Waals surface area (Å²) in [5.74, 6) is -0.684. The van der Waals surface area contributed by atoms with Crippen molar-refractivity contribution in [2.75, 3.05) is 0 Å². The van der Waals surface area contributed by atoms with Gasteiger partial charge in [0, 0.05) is 24.2 Å². The first kappa shape index (κ1) is 18.5. The van der Waals surface area contributed by atoms with Gasteiger partial charge in [0.05, 0.1) is 12.5 Å². The molecule has 4 rings (SSSR count). The van der Waals surface area contributed by atoms with Crippen molar-refractivity contribution < 1.29 is 4.79 Å². The first-order valence-corrected chi connectivity index (χ1v) is 8.62. The van der Waals surface area contributed by atoms with Crippen LogP contribution in [0.1, 0.15) is 35.6 Å². The van der Waals surface area contributed by atoms with Crippen LogP contribution in [0, 0.1) is 0 Å². The Labute approximate surface area is 159 Å². The summed E-state index contributed by atoms with van der Waals surface area (Å²) >= 11 is 0. The highest BCUT2D eigenvalue weighted by Gasteiger charge is 2.18. The lowest BCUT2D eigenvalue weighted by Crippen LogP contribution is -2.23. The number of aromatic nitrogens is 1. The molecule has 2 N–H and O–H groups in total. The van der Waals surface area contributed by atoms with Gasteiger partial charge in [-0.1, -0.05) is 49.9 Å². The zero-order valence-corrected chi connectivity index (χ0v) is 14.3. The Morgan fingerprint density at radius 3 is 2.63 bits per heavy atom. The van der Waals surface area contributed by atoms with Gasteiger partial charge in [-0.25, -0.2) is 0 Å². The van der Waals surface area contributed by atoms with Crippen LogP contribution in [0.4, 0.5) is 0 Å². The van der Waals surface area contributed by atoms with E-state index in [1.807, 2.05) is 42.7 Å². The van der Waals surface area contributed by atoms with Crippen LogP contribution in [0.2, 0.25) is 0 Å². The summed E-state index contributed by atoms with van der Waals surface area (Å²) in [4.78, 5) is 20.7. The first-order chi connectivity index (χ1) is 12.7. The number of nitrogens with two attached hydrogens (primary N) is 1. The number of pyridine rings is 1. The SMILES string of the molecule is C.NC(=O)[C@H](Cc1cncc(-c2ccc3c(c2)C=NC3)c1)c1ccccc1. The van der Waals surface area contributed by atoms with E-state index in [-0.39, 0.29) is 19.3 Å². The number of nitrogens with zero attached hydrogens (tertiary/aromatic N) is 2. The van der Waals surface area contributed by atoms with Crippen molar-refractivity contribution in [3.8, 4) is 11.1 Å². The molecule has 1 atom stereocenters. The third-order valence-electron chi connectivity index (χ3n) is 4.75. The van der Waals surface area contributed by atoms with Crippen LogP contribution in [0.25, 0.3) is 11.1 Å². The summed E-state index contributed by atoms with van der Waals surface area (Å²) in [6.07, 6.45) is 6.09. The normalized spacial score (nSPS) is 12.9. The number of hydrogen-bond donors (Lipinski definition) is 1. The standard InChI is InChI=1S/C22H19N3O.CH4/c23-22(26)21(16-4-2-1-3-5-16)9-15-8-19(13-24-11-15)17-6-7-18-12-25-14-20(18)10-17;/h1-8,10-11,13-14,21H,9,12H2,(H2,23,26);1H4/t21-;/m1./s1. The number of rotatable bonds is 5. The molecule has 0 spiro atoms. The average molecular weight is 357 g/mol. The van der Waals surface area contributed by atoms with Crippen LogP contribution < -0.4 is 5.73 Å². The number of amides is 1. The average Bonchev–Trinajstić information content (AvgIpc) is 3.14. The second-order valence-electron chi connectivity index (χ2n) is 6.54. The molecule has 1 aromatic heterocycles. The molecular weight excluding hydrogens is 334 g/mol. The highest BCUT2D eigenvalue weighted by molar-refractivity contribution is 5.87. The highest BCUT2D eigenvalue weighted by atomic mass is 16.1. The van der Waals surface area contributed by atoms with Gasteiger partial charge in [-0.05, 0) is 46.4 Å². The third-order valence-corrected chi connectivity index (χ3v) is 4.75. The molecule has 27 heavy (non-hydrogen) atoms. The maximum atomic E-state index is 12.0. The third kappa shape index (κ3) is 3.95. The molecule has 0 bridgehead atoms. The zero-order valence-electron chi connectivity index (χ0n) is 14.3. The summed E-state index contributed by atoms with van der Waals surface area (Å²) in [6, 6.07) is 18.1. The van der Waals surface area contributed by atoms with E-state index in [0.717, 1.165) is 34.4 Å². The van der Waals surface area contributed by atoms with Crippen molar-refractivity contribution in [1.82, 2.24) is 4.98 Å². The molecule has 1 aliphatic heterocycles. The fourth-order valence-electron chi connectivity index (χ4n) is 3.34. The summed E-state index contributed by atoms with van der Waals surface area (Å²) in [5, 5.41) is 0. The lowest BCUT2D eigenvalue weighted by Gasteiger charge is -2.14. The number of carbonyl (C=O) groups is 1. The molecule has 0 radical (unpaired) electrons. The quantitative estimate of drug-likeness (QED) is 0.746. The van der Waals surface area contributed by atoms with Gasteiger partial charge in [-0.2, -0.15) is 0 Å². The number of aliphatic imine (C=N–C) groups is 1. The Kier molecular flexibility index (Phi) is 5.46. The topological polar surface area (TPSA) is 68.3 Å². The smallest absolute Gasteiger partial charge is 0.225 e. The van der Waals surface area contributed by atoms with Crippen LogP contribution in [0.3, 0.4) is 0 Å². The first-order valence-electron chi connectivity index (χ1n) is 8.62. The van der Waals surface area contributed by atoms with E-state index >= 15 is 0 Å². The van der Waals surface area contributed by atoms with Gasteiger partial charge < -0.3 is 5.73 Å². The largest absolute Gasteiger partial charge is 0.369 e. The Morgan fingerprint density at radius 2 is 1.85 bits per heavy atom. The number of primary amides is 1. The van der Waals surface area contributed by atoms with E-state index < -0.39 is 0 Å². The van der Waals surface area contributed by atoms with Crippen molar-refractivity contribution in [2.24, 2.45) is 10.7 Å². The predicted molar refractivity (Wildman–Crippen MR) is 110 cm³/mol. The van der Waals surface area contributed by atoms with Gasteiger partial charge in [0.1, 0.15) is 0 Å². The van der Waals surface area contributed by atoms with Gasteiger partial charge in [-0.15, -0.1) is 0 Å². The highest BCUT2D eigenvalue weighted by Crippen LogP contribution is 2.26. The van der Waals surface area contributed by atoms with Crippen LogP contribution >= 0.6 is 0 Å². The minimum atomic E-state index is -0.361. The lowest BCUT2D eigenvalue weighted by atomic mass is 9.91. The van der Waals surface area contributed by atoms with E-state index in [9.17, 15) is 4.79 Å². The van der Waals surface area contributed by atoms with E-state index in [4.69, 9.17) is 5.73 Å². The molecule has 2 heterocycles.